The van der Waals surface area contributed by atoms with E-state index in [1.54, 1.807) is 11.8 Å². The summed E-state index contributed by atoms with van der Waals surface area (Å²) in [5.41, 5.74) is 1.97. The summed E-state index contributed by atoms with van der Waals surface area (Å²) >= 11 is 0. The predicted octanol–water partition coefficient (Wildman–Crippen LogP) is 2.31. The molecule has 1 heterocycles. The van der Waals surface area contributed by atoms with Crippen LogP contribution >= 0.6 is 0 Å². The van der Waals surface area contributed by atoms with E-state index < -0.39 is 0 Å². The number of methoxy groups -OCH3 is 1. The van der Waals surface area contributed by atoms with E-state index in [4.69, 9.17) is 4.74 Å². The van der Waals surface area contributed by atoms with E-state index in [9.17, 15) is 4.79 Å². The zero-order valence-corrected chi connectivity index (χ0v) is 12.0. The summed E-state index contributed by atoms with van der Waals surface area (Å²) in [4.78, 5) is 11.9. The Kier molecular flexibility index (Phi) is 4.40. The Morgan fingerprint density at radius 1 is 1.40 bits per heavy atom. The smallest absolute Gasteiger partial charge is 0.225 e. The van der Waals surface area contributed by atoms with Gasteiger partial charge in [0.2, 0.25) is 5.91 Å². The molecule has 106 valence electrons. The van der Waals surface area contributed by atoms with Crippen LogP contribution in [0.25, 0.3) is 0 Å². The van der Waals surface area contributed by atoms with E-state index in [0.29, 0.717) is 12.8 Å². The van der Waals surface area contributed by atoms with Gasteiger partial charge in [0.15, 0.2) is 0 Å². The lowest BCUT2D eigenvalue weighted by molar-refractivity contribution is -0.116. The van der Waals surface area contributed by atoms with Gasteiger partial charge in [0, 0.05) is 19.5 Å². The van der Waals surface area contributed by atoms with Crippen molar-refractivity contribution >= 4 is 11.7 Å². The summed E-state index contributed by atoms with van der Waals surface area (Å²) in [7, 11) is 3.45. The Hall–Kier alpha value is -2.30. The Morgan fingerprint density at radius 3 is 2.85 bits per heavy atom. The minimum absolute atomic E-state index is 0.0178. The third-order valence-electron chi connectivity index (χ3n) is 3.04. The molecule has 2 aromatic rings. The topological polar surface area (TPSA) is 56.1 Å². The normalized spacial score (nSPS) is 10.3. The molecule has 1 aromatic carbocycles. The molecule has 0 spiro atoms. The highest BCUT2D eigenvalue weighted by Gasteiger charge is 2.07. The van der Waals surface area contributed by atoms with Crippen LogP contribution in [0.2, 0.25) is 0 Å². The number of benzene rings is 1. The molecule has 5 nitrogen and oxygen atoms in total. The van der Waals surface area contributed by atoms with Gasteiger partial charge in [-0.25, -0.2) is 0 Å². The van der Waals surface area contributed by atoms with Crippen molar-refractivity contribution in [1.29, 1.82) is 0 Å². The van der Waals surface area contributed by atoms with Gasteiger partial charge in [-0.3, -0.25) is 9.48 Å². The summed E-state index contributed by atoms with van der Waals surface area (Å²) < 4.78 is 6.83. The number of hydrogen-bond donors (Lipinski definition) is 1. The van der Waals surface area contributed by atoms with Crippen molar-refractivity contribution in [1.82, 2.24) is 9.78 Å². The van der Waals surface area contributed by atoms with Crippen LogP contribution in [0.15, 0.2) is 30.3 Å². The lowest BCUT2D eigenvalue weighted by Crippen LogP contribution is -2.14. The summed E-state index contributed by atoms with van der Waals surface area (Å²) in [6.07, 6.45) is 1.11. The molecule has 0 aliphatic rings. The van der Waals surface area contributed by atoms with Crippen molar-refractivity contribution < 1.29 is 9.53 Å². The molecule has 0 unspecified atom stereocenters. The Bertz CT molecular complexity index is 605. The summed E-state index contributed by atoms with van der Waals surface area (Å²) in [5, 5.41) is 7.05. The van der Waals surface area contributed by atoms with Crippen molar-refractivity contribution in [3.63, 3.8) is 0 Å². The first kappa shape index (κ1) is 14.1. The van der Waals surface area contributed by atoms with Gasteiger partial charge in [0.1, 0.15) is 11.6 Å². The summed E-state index contributed by atoms with van der Waals surface area (Å²) in [6, 6.07) is 9.60. The number of nitrogens with zero attached hydrogens (tertiary/aromatic N) is 2. The lowest BCUT2D eigenvalue weighted by atomic mass is 10.1. The highest BCUT2D eigenvalue weighted by atomic mass is 16.5. The largest absolute Gasteiger partial charge is 0.497 e. The van der Waals surface area contributed by atoms with Crippen molar-refractivity contribution in [2.45, 2.75) is 19.8 Å². The minimum Gasteiger partial charge on any atom is -0.497 e. The number of amides is 1. The zero-order valence-electron chi connectivity index (χ0n) is 12.0. The molecule has 0 aliphatic carbocycles. The van der Waals surface area contributed by atoms with Gasteiger partial charge in [0.05, 0.1) is 12.8 Å². The first-order valence-corrected chi connectivity index (χ1v) is 6.52. The number of carbonyl (C=O) groups excluding carboxylic acids is 1. The second-order valence-corrected chi connectivity index (χ2v) is 4.69. The number of carbonyl (C=O) groups is 1. The number of ether oxygens (including phenoxy) is 1. The molecule has 0 saturated carbocycles. The molecule has 2 rings (SSSR count). The Morgan fingerprint density at radius 2 is 2.20 bits per heavy atom. The van der Waals surface area contributed by atoms with Gasteiger partial charge in [-0.1, -0.05) is 12.1 Å². The molecule has 1 amide bonds. The maximum absolute atomic E-state index is 11.9. The van der Waals surface area contributed by atoms with Gasteiger partial charge in [-0.2, -0.15) is 5.10 Å². The molecule has 20 heavy (non-hydrogen) atoms. The third kappa shape index (κ3) is 3.60. The predicted molar refractivity (Wildman–Crippen MR) is 77.9 cm³/mol. The van der Waals surface area contributed by atoms with Gasteiger partial charge in [0.25, 0.3) is 0 Å². The van der Waals surface area contributed by atoms with E-state index in [-0.39, 0.29) is 5.91 Å². The van der Waals surface area contributed by atoms with E-state index >= 15 is 0 Å². The van der Waals surface area contributed by atoms with E-state index in [1.807, 2.05) is 44.3 Å². The molecule has 0 bridgehead atoms. The summed E-state index contributed by atoms with van der Waals surface area (Å²) in [6.45, 7) is 1.89. The first-order valence-electron chi connectivity index (χ1n) is 6.52. The molecular weight excluding hydrogens is 254 g/mol. The minimum atomic E-state index is -0.0178. The number of hydrogen-bond acceptors (Lipinski definition) is 3. The van der Waals surface area contributed by atoms with Crippen LogP contribution in [0.5, 0.6) is 5.75 Å². The van der Waals surface area contributed by atoms with E-state index in [0.717, 1.165) is 22.8 Å². The van der Waals surface area contributed by atoms with Crippen LogP contribution in [0.1, 0.15) is 17.7 Å². The van der Waals surface area contributed by atoms with Crippen LogP contribution in [0.4, 0.5) is 5.82 Å². The van der Waals surface area contributed by atoms with Crippen molar-refractivity contribution in [3.8, 4) is 5.75 Å². The van der Waals surface area contributed by atoms with Crippen LogP contribution in [-0.4, -0.2) is 22.8 Å². The fourth-order valence-electron chi connectivity index (χ4n) is 2.02. The average molecular weight is 273 g/mol. The second-order valence-electron chi connectivity index (χ2n) is 4.69. The van der Waals surface area contributed by atoms with E-state index in [2.05, 4.69) is 10.4 Å². The first-order chi connectivity index (χ1) is 9.58. The van der Waals surface area contributed by atoms with E-state index in [1.165, 1.54) is 0 Å². The average Bonchev–Trinajstić information content (AvgIpc) is 2.75. The van der Waals surface area contributed by atoms with Gasteiger partial charge >= 0.3 is 0 Å². The second kappa shape index (κ2) is 6.23. The van der Waals surface area contributed by atoms with Crippen molar-refractivity contribution in [2.24, 2.45) is 7.05 Å². The molecule has 0 radical (unpaired) electrons. The number of aryl methyl sites for hydroxylation is 3. The third-order valence-corrected chi connectivity index (χ3v) is 3.04. The summed E-state index contributed by atoms with van der Waals surface area (Å²) in [5.74, 6) is 1.51. The maximum atomic E-state index is 11.9. The number of anilines is 1. The number of aromatic nitrogens is 2. The molecule has 0 fully saturated rings. The number of rotatable bonds is 5. The molecule has 1 aromatic heterocycles. The van der Waals surface area contributed by atoms with Crippen LogP contribution in [-0.2, 0) is 18.3 Å². The molecule has 0 aliphatic heterocycles. The Balaban J connectivity index is 1.90. The molecular formula is C15H19N3O2. The fraction of sp³-hybridized carbons (Fsp3) is 0.333. The van der Waals surface area contributed by atoms with Crippen LogP contribution in [0, 0.1) is 6.92 Å². The fourth-order valence-corrected chi connectivity index (χ4v) is 2.02. The van der Waals surface area contributed by atoms with Crippen molar-refractivity contribution in [2.75, 3.05) is 12.4 Å². The standard InChI is InChI=1S/C15H19N3O2/c1-11-9-14(18(2)17-11)16-15(19)8-7-12-5-4-6-13(10-12)20-3/h4-6,9-10H,7-8H2,1-3H3,(H,16,19). The monoisotopic (exact) mass is 273 g/mol. The van der Waals surface area contributed by atoms with Crippen molar-refractivity contribution in [3.05, 3.63) is 41.6 Å². The maximum Gasteiger partial charge on any atom is 0.225 e. The van der Waals surface area contributed by atoms with Gasteiger partial charge in [-0.15, -0.1) is 0 Å². The van der Waals surface area contributed by atoms with Crippen LogP contribution in [0.3, 0.4) is 0 Å². The molecule has 0 saturated heterocycles. The number of nitrogens with one attached hydrogen (secondary N) is 1. The molecule has 5 heteroatoms. The zero-order chi connectivity index (χ0) is 14.5. The highest BCUT2D eigenvalue weighted by molar-refractivity contribution is 5.90. The van der Waals surface area contributed by atoms with Crippen LogP contribution < -0.4 is 10.1 Å². The lowest BCUT2D eigenvalue weighted by Gasteiger charge is -2.06. The molecule has 0 atom stereocenters. The molecule has 1 N–H and O–H groups in total. The highest BCUT2D eigenvalue weighted by Crippen LogP contribution is 2.14. The van der Waals surface area contributed by atoms with Gasteiger partial charge < -0.3 is 10.1 Å². The SMILES string of the molecule is COc1cccc(CCC(=O)Nc2cc(C)nn2C)c1. The quantitative estimate of drug-likeness (QED) is 0.909. The van der Waals surface area contributed by atoms with Gasteiger partial charge in [-0.05, 0) is 31.0 Å². The Labute approximate surface area is 118 Å².